The third kappa shape index (κ3) is 5.74. The molecule has 0 aromatic heterocycles. The van der Waals surface area contributed by atoms with Crippen molar-refractivity contribution in [2.24, 2.45) is 0 Å². The fraction of sp³-hybridized carbons (Fsp3) is 0.409. The van der Waals surface area contributed by atoms with Crippen LogP contribution in [0.4, 0.5) is 5.69 Å². The summed E-state index contributed by atoms with van der Waals surface area (Å²) in [5.41, 5.74) is 1.62. The molecule has 1 saturated heterocycles. The van der Waals surface area contributed by atoms with E-state index in [4.69, 9.17) is 16.3 Å². The SMILES string of the molecule is CCCS(=O)(=O)Nc1cccc(C(=O)NCC2(c3cccc(Cl)c3)CCOCC2)c1. The normalized spacial score (nSPS) is 16.1. The summed E-state index contributed by atoms with van der Waals surface area (Å²) in [6.45, 7) is 3.49. The fourth-order valence-electron chi connectivity index (χ4n) is 3.72. The van der Waals surface area contributed by atoms with Crippen molar-refractivity contribution in [3.05, 3.63) is 64.7 Å². The Balaban J connectivity index is 1.74. The van der Waals surface area contributed by atoms with Gasteiger partial charge in [0.05, 0.1) is 5.75 Å². The third-order valence-electron chi connectivity index (χ3n) is 5.35. The summed E-state index contributed by atoms with van der Waals surface area (Å²) >= 11 is 6.20. The van der Waals surface area contributed by atoms with Gasteiger partial charge < -0.3 is 10.1 Å². The Morgan fingerprint density at radius 2 is 1.87 bits per heavy atom. The Morgan fingerprint density at radius 1 is 1.13 bits per heavy atom. The lowest BCUT2D eigenvalue weighted by molar-refractivity contribution is 0.0487. The second-order valence-corrected chi connectivity index (χ2v) is 9.87. The first-order chi connectivity index (χ1) is 14.3. The van der Waals surface area contributed by atoms with Crippen LogP contribution in [0.1, 0.15) is 42.1 Å². The highest BCUT2D eigenvalue weighted by atomic mass is 35.5. The molecule has 1 aliphatic heterocycles. The fourth-order valence-corrected chi connectivity index (χ4v) is 5.04. The second kappa shape index (κ2) is 9.81. The first-order valence-electron chi connectivity index (χ1n) is 10.1. The van der Waals surface area contributed by atoms with Crippen LogP contribution in [0, 0.1) is 0 Å². The summed E-state index contributed by atoms with van der Waals surface area (Å²) in [7, 11) is -3.41. The highest BCUT2D eigenvalue weighted by Gasteiger charge is 2.35. The molecule has 1 amide bonds. The van der Waals surface area contributed by atoms with Gasteiger partial charge in [0.1, 0.15) is 0 Å². The monoisotopic (exact) mass is 450 g/mol. The lowest BCUT2D eigenvalue weighted by Crippen LogP contribution is -2.44. The number of sulfonamides is 1. The summed E-state index contributed by atoms with van der Waals surface area (Å²) in [5.74, 6) is -0.215. The highest BCUT2D eigenvalue weighted by Crippen LogP contribution is 2.35. The lowest BCUT2D eigenvalue weighted by Gasteiger charge is -2.38. The summed E-state index contributed by atoms with van der Waals surface area (Å²) < 4.78 is 32.1. The Kier molecular flexibility index (Phi) is 7.39. The molecule has 1 aliphatic rings. The average molecular weight is 451 g/mol. The van der Waals surface area contributed by atoms with Crippen LogP contribution in [0.15, 0.2) is 48.5 Å². The molecule has 0 radical (unpaired) electrons. The van der Waals surface area contributed by atoms with Crippen LogP contribution < -0.4 is 10.0 Å². The van der Waals surface area contributed by atoms with E-state index in [1.807, 2.05) is 24.3 Å². The second-order valence-electron chi connectivity index (χ2n) is 7.59. The minimum absolute atomic E-state index is 0.0354. The molecular weight excluding hydrogens is 424 g/mol. The first kappa shape index (κ1) is 22.6. The van der Waals surface area contributed by atoms with Crippen LogP contribution >= 0.6 is 11.6 Å². The number of anilines is 1. The average Bonchev–Trinajstić information content (AvgIpc) is 2.72. The van der Waals surface area contributed by atoms with Gasteiger partial charge in [-0.05, 0) is 55.2 Å². The van der Waals surface area contributed by atoms with E-state index < -0.39 is 10.0 Å². The molecule has 3 rings (SSSR count). The number of hydrogen-bond acceptors (Lipinski definition) is 4. The topological polar surface area (TPSA) is 84.5 Å². The van der Waals surface area contributed by atoms with Gasteiger partial charge in [-0.2, -0.15) is 0 Å². The van der Waals surface area contributed by atoms with E-state index in [0.29, 0.717) is 42.5 Å². The molecule has 0 atom stereocenters. The lowest BCUT2D eigenvalue weighted by atomic mass is 9.74. The number of halogens is 1. The quantitative estimate of drug-likeness (QED) is 0.637. The molecular formula is C22H27ClN2O4S. The van der Waals surface area contributed by atoms with E-state index in [0.717, 1.165) is 18.4 Å². The van der Waals surface area contributed by atoms with Crippen LogP contribution in [0.2, 0.25) is 5.02 Å². The van der Waals surface area contributed by atoms with Crippen LogP contribution in [-0.4, -0.2) is 39.8 Å². The molecule has 1 fully saturated rings. The number of rotatable bonds is 8. The smallest absolute Gasteiger partial charge is 0.251 e. The number of ether oxygens (including phenoxy) is 1. The number of benzene rings is 2. The molecule has 2 N–H and O–H groups in total. The molecule has 2 aromatic rings. The van der Waals surface area contributed by atoms with E-state index in [-0.39, 0.29) is 17.1 Å². The van der Waals surface area contributed by atoms with Gasteiger partial charge in [0.25, 0.3) is 5.91 Å². The van der Waals surface area contributed by atoms with Crippen molar-refractivity contribution >= 4 is 33.2 Å². The predicted molar refractivity (Wildman–Crippen MR) is 120 cm³/mol. The molecule has 0 unspecified atom stereocenters. The van der Waals surface area contributed by atoms with Crippen LogP contribution in [-0.2, 0) is 20.2 Å². The summed E-state index contributed by atoms with van der Waals surface area (Å²) in [6.07, 6.45) is 2.08. The van der Waals surface area contributed by atoms with Gasteiger partial charge in [0.15, 0.2) is 0 Å². The van der Waals surface area contributed by atoms with Crippen molar-refractivity contribution in [2.45, 2.75) is 31.6 Å². The highest BCUT2D eigenvalue weighted by molar-refractivity contribution is 7.92. The van der Waals surface area contributed by atoms with E-state index in [2.05, 4.69) is 10.0 Å². The standard InChI is InChI=1S/C22H27ClN2O4S/c1-2-13-30(27,28)25-20-8-3-5-17(14-20)21(26)24-16-22(9-11-29-12-10-22)18-6-4-7-19(23)15-18/h3-8,14-15,25H,2,9-13,16H2,1H3,(H,24,26). The van der Waals surface area contributed by atoms with Gasteiger partial charge in [0.2, 0.25) is 10.0 Å². The van der Waals surface area contributed by atoms with Crippen molar-refractivity contribution < 1.29 is 17.9 Å². The Morgan fingerprint density at radius 3 is 2.57 bits per heavy atom. The van der Waals surface area contributed by atoms with Gasteiger partial charge in [-0.15, -0.1) is 0 Å². The van der Waals surface area contributed by atoms with Gasteiger partial charge in [0, 0.05) is 41.4 Å². The molecule has 1 heterocycles. The van der Waals surface area contributed by atoms with E-state index >= 15 is 0 Å². The molecule has 0 saturated carbocycles. The van der Waals surface area contributed by atoms with Crippen molar-refractivity contribution in [3.63, 3.8) is 0 Å². The zero-order valence-corrected chi connectivity index (χ0v) is 18.6. The van der Waals surface area contributed by atoms with Crippen molar-refractivity contribution in [2.75, 3.05) is 30.2 Å². The number of hydrogen-bond donors (Lipinski definition) is 2. The number of carbonyl (C=O) groups excluding carboxylic acids is 1. The largest absolute Gasteiger partial charge is 0.381 e. The van der Waals surface area contributed by atoms with Crippen molar-refractivity contribution in [3.8, 4) is 0 Å². The molecule has 162 valence electrons. The molecule has 0 bridgehead atoms. The maximum Gasteiger partial charge on any atom is 0.251 e. The molecule has 8 heteroatoms. The summed E-state index contributed by atoms with van der Waals surface area (Å²) in [6, 6.07) is 14.3. The maximum atomic E-state index is 12.8. The molecule has 0 aliphatic carbocycles. The summed E-state index contributed by atoms with van der Waals surface area (Å²) in [4.78, 5) is 12.8. The van der Waals surface area contributed by atoms with Gasteiger partial charge >= 0.3 is 0 Å². The zero-order chi connectivity index (χ0) is 21.6. The summed E-state index contributed by atoms with van der Waals surface area (Å²) in [5, 5.41) is 3.69. The Labute approximate surface area is 183 Å². The molecule has 30 heavy (non-hydrogen) atoms. The van der Waals surface area contributed by atoms with E-state index in [9.17, 15) is 13.2 Å². The molecule has 0 spiro atoms. The Hall–Kier alpha value is -2.09. The number of amides is 1. The molecule has 6 nitrogen and oxygen atoms in total. The maximum absolute atomic E-state index is 12.8. The minimum atomic E-state index is -3.41. The minimum Gasteiger partial charge on any atom is -0.381 e. The van der Waals surface area contributed by atoms with Crippen LogP contribution in [0.5, 0.6) is 0 Å². The predicted octanol–water partition coefficient (Wildman–Crippen LogP) is 3.97. The third-order valence-corrected chi connectivity index (χ3v) is 7.07. The van der Waals surface area contributed by atoms with Gasteiger partial charge in [-0.3, -0.25) is 9.52 Å². The van der Waals surface area contributed by atoms with Gasteiger partial charge in [-0.1, -0.05) is 36.7 Å². The molecule has 2 aromatic carbocycles. The Bertz CT molecular complexity index is 988. The van der Waals surface area contributed by atoms with E-state index in [1.165, 1.54) is 0 Å². The van der Waals surface area contributed by atoms with Crippen LogP contribution in [0.25, 0.3) is 0 Å². The number of carbonyl (C=O) groups is 1. The zero-order valence-electron chi connectivity index (χ0n) is 17.0. The van der Waals surface area contributed by atoms with Gasteiger partial charge in [-0.25, -0.2) is 8.42 Å². The number of nitrogens with one attached hydrogen (secondary N) is 2. The van der Waals surface area contributed by atoms with Crippen molar-refractivity contribution in [1.82, 2.24) is 5.32 Å². The van der Waals surface area contributed by atoms with Crippen LogP contribution in [0.3, 0.4) is 0 Å². The first-order valence-corrected chi connectivity index (χ1v) is 12.1. The van der Waals surface area contributed by atoms with E-state index in [1.54, 1.807) is 31.2 Å². The van der Waals surface area contributed by atoms with Crippen molar-refractivity contribution in [1.29, 1.82) is 0 Å².